The first kappa shape index (κ1) is 16.5. The number of carbonyl (C=O) groups is 1. The fourth-order valence-electron chi connectivity index (χ4n) is 2.68. The highest BCUT2D eigenvalue weighted by atomic mass is 79.9. The van der Waals surface area contributed by atoms with Gasteiger partial charge in [-0.1, -0.05) is 27.3 Å². The number of ether oxygens (including phenoxy) is 1. The molecule has 2 heterocycles. The summed E-state index contributed by atoms with van der Waals surface area (Å²) in [6, 6.07) is 13.1. The number of aromatic nitrogens is 1. The predicted molar refractivity (Wildman–Crippen MR) is 105 cm³/mol. The number of anilines is 2. The van der Waals surface area contributed by atoms with Gasteiger partial charge in [0.1, 0.15) is 0 Å². The van der Waals surface area contributed by atoms with E-state index in [-0.39, 0.29) is 5.91 Å². The normalized spacial score (nSPS) is 14.7. The molecule has 0 atom stereocenters. The van der Waals surface area contributed by atoms with E-state index < -0.39 is 0 Å². The molecule has 0 saturated carbocycles. The van der Waals surface area contributed by atoms with Crippen molar-refractivity contribution in [2.24, 2.45) is 0 Å². The number of halogens is 1. The minimum absolute atomic E-state index is 0.121. The highest BCUT2D eigenvalue weighted by Crippen LogP contribution is 2.31. The van der Waals surface area contributed by atoms with E-state index in [1.807, 2.05) is 30.3 Å². The molecule has 0 aliphatic carbocycles. The van der Waals surface area contributed by atoms with Gasteiger partial charge in [0, 0.05) is 28.8 Å². The number of fused-ring (bicyclic) bond motifs is 1. The SMILES string of the molecule is O=C(Nc1ccc2nc(N3CCOCC3)sc2c1)c1ccc(Br)cc1. The van der Waals surface area contributed by atoms with Crippen molar-refractivity contribution in [3.8, 4) is 0 Å². The molecule has 1 aliphatic rings. The van der Waals surface area contributed by atoms with Gasteiger partial charge in [0.15, 0.2) is 5.13 Å². The summed E-state index contributed by atoms with van der Waals surface area (Å²) in [6.07, 6.45) is 0. The Labute approximate surface area is 157 Å². The number of hydrogen-bond donors (Lipinski definition) is 1. The van der Waals surface area contributed by atoms with E-state index in [9.17, 15) is 4.79 Å². The maximum Gasteiger partial charge on any atom is 0.255 e. The van der Waals surface area contributed by atoms with Crippen LogP contribution in [0.3, 0.4) is 0 Å². The van der Waals surface area contributed by atoms with E-state index in [2.05, 4.69) is 26.1 Å². The Morgan fingerprint density at radius 1 is 1.16 bits per heavy atom. The lowest BCUT2D eigenvalue weighted by Gasteiger charge is -2.25. The van der Waals surface area contributed by atoms with Gasteiger partial charge in [-0.3, -0.25) is 4.79 Å². The second kappa shape index (κ2) is 7.11. The molecule has 7 heteroatoms. The number of nitrogens with zero attached hydrogens (tertiary/aromatic N) is 2. The zero-order chi connectivity index (χ0) is 17.2. The molecular formula is C18H16BrN3O2S. The fourth-order valence-corrected chi connectivity index (χ4v) is 4.01. The first-order valence-corrected chi connectivity index (χ1v) is 9.60. The first-order chi connectivity index (χ1) is 12.2. The monoisotopic (exact) mass is 417 g/mol. The standard InChI is InChI=1S/C18H16BrN3O2S/c19-13-3-1-12(2-4-13)17(23)20-14-5-6-15-16(11-14)25-18(21-15)22-7-9-24-10-8-22/h1-6,11H,7-10H2,(H,20,23). The summed E-state index contributed by atoms with van der Waals surface area (Å²) < 4.78 is 7.41. The van der Waals surface area contributed by atoms with Crippen LogP contribution in [0.1, 0.15) is 10.4 Å². The smallest absolute Gasteiger partial charge is 0.255 e. The van der Waals surface area contributed by atoms with E-state index >= 15 is 0 Å². The molecule has 1 amide bonds. The van der Waals surface area contributed by atoms with Gasteiger partial charge in [-0.05, 0) is 42.5 Å². The third-order valence-corrected chi connectivity index (χ3v) is 5.63. The molecule has 3 aromatic rings. The van der Waals surface area contributed by atoms with Crippen molar-refractivity contribution in [1.82, 2.24) is 4.98 Å². The highest BCUT2D eigenvalue weighted by molar-refractivity contribution is 9.10. The van der Waals surface area contributed by atoms with Crippen molar-refractivity contribution in [2.45, 2.75) is 0 Å². The summed E-state index contributed by atoms with van der Waals surface area (Å²) in [5.74, 6) is -0.121. The van der Waals surface area contributed by atoms with Gasteiger partial charge in [0.2, 0.25) is 0 Å². The lowest BCUT2D eigenvalue weighted by atomic mass is 10.2. The molecule has 1 N–H and O–H groups in total. The van der Waals surface area contributed by atoms with Crippen LogP contribution in [0, 0.1) is 0 Å². The van der Waals surface area contributed by atoms with Crippen molar-refractivity contribution < 1.29 is 9.53 Å². The Hall–Kier alpha value is -1.96. The molecule has 1 aromatic heterocycles. The van der Waals surface area contributed by atoms with Crippen LogP contribution in [0.4, 0.5) is 10.8 Å². The van der Waals surface area contributed by atoms with E-state index in [1.165, 1.54) is 0 Å². The molecule has 2 aromatic carbocycles. The van der Waals surface area contributed by atoms with Crippen molar-refractivity contribution in [3.05, 3.63) is 52.5 Å². The fraction of sp³-hybridized carbons (Fsp3) is 0.222. The van der Waals surface area contributed by atoms with Crippen LogP contribution in [0.25, 0.3) is 10.2 Å². The van der Waals surface area contributed by atoms with Crippen molar-refractivity contribution in [2.75, 3.05) is 36.5 Å². The van der Waals surface area contributed by atoms with E-state index in [0.717, 1.165) is 51.8 Å². The molecule has 1 aliphatic heterocycles. The van der Waals surface area contributed by atoms with Gasteiger partial charge in [-0.15, -0.1) is 0 Å². The number of thiazole rings is 1. The maximum atomic E-state index is 12.4. The molecule has 0 spiro atoms. The van der Waals surface area contributed by atoms with E-state index in [1.54, 1.807) is 23.5 Å². The summed E-state index contributed by atoms with van der Waals surface area (Å²) in [5.41, 5.74) is 2.35. The quantitative estimate of drug-likeness (QED) is 0.695. The number of amides is 1. The van der Waals surface area contributed by atoms with Crippen molar-refractivity contribution >= 4 is 54.2 Å². The molecular weight excluding hydrogens is 402 g/mol. The maximum absolute atomic E-state index is 12.4. The molecule has 4 rings (SSSR count). The van der Waals surface area contributed by atoms with Gasteiger partial charge < -0.3 is 15.0 Å². The van der Waals surface area contributed by atoms with E-state index in [4.69, 9.17) is 9.72 Å². The zero-order valence-corrected chi connectivity index (χ0v) is 15.8. The van der Waals surface area contributed by atoms with Gasteiger partial charge >= 0.3 is 0 Å². The number of rotatable bonds is 3. The van der Waals surface area contributed by atoms with Crippen LogP contribution in [0.5, 0.6) is 0 Å². The number of hydrogen-bond acceptors (Lipinski definition) is 5. The zero-order valence-electron chi connectivity index (χ0n) is 13.4. The Morgan fingerprint density at radius 2 is 1.92 bits per heavy atom. The topological polar surface area (TPSA) is 54.5 Å². The molecule has 128 valence electrons. The number of nitrogens with one attached hydrogen (secondary N) is 1. The molecule has 0 bridgehead atoms. The number of carbonyl (C=O) groups excluding carboxylic acids is 1. The van der Waals surface area contributed by atoms with Gasteiger partial charge in [0.25, 0.3) is 5.91 Å². The molecule has 1 fully saturated rings. The van der Waals surface area contributed by atoms with Crippen LogP contribution >= 0.6 is 27.3 Å². The van der Waals surface area contributed by atoms with Gasteiger partial charge in [0.05, 0.1) is 23.4 Å². The second-order valence-corrected chi connectivity index (χ2v) is 7.66. The minimum atomic E-state index is -0.121. The predicted octanol–water partition coefficient (Wildman–Crippen LogP) is 4.15. The lowest BCUT2D eigenvalue weighted by Crippen LogP contribution is -2.36. The second-order valence-electron chi connectivity index (χ2n) is 5.74. The largest absolute Gasteiger partial charge is 0.378 e. The summed E-state index contributed by atoms with van der Waals surface area (Å²) in [6.45, 7) is 3.22. The third-order valence-electron chi connectivity index (χ3n) is 4.02. The number of morpholine rings is 1. The van der Waals surface area contributed by atoms with Crippen molar-refractivity contribution in [3.63, 3.8) is 0 Å². The van der Waals surface area contributed by atoms with Crippen LogP contribution in [-0.4, -0.2) is 37.2 Å². The molecule has 0 radical (unpaired) electrons. The summed E-state index contributed by atoms with van der Waals surface area (Å²) in [4.78, 5) is 19.3. The van der Waals surface area contributed by atoms with Gasteiger partial charge in [-0.25, -0.2) is 4.98 Å². The molecule has 25 heavy (non-hydrogen) atoms. The van der Waals surface area contributed by atoms with Crippen LogP contribution in [0.15, 0.2) is 46.9 Å². The summed E-state index contributed by atoms with van der Waals surface area (Å²) in [5, 5.41) is 3.96. The third kappa shape index (κ3) is 3.68. The Morgan fingerprint density at radius 3 is 2.68 bits per heavy atom. The highest BCUT2D eigenvalue weighted by Gasteiger charge is 2.16. The summed E-state index contributed by atoms with van der Waals surface area (Å²) >= 11 is 5.02. The summed E-state index contributed by atoms with van der Waals surface area (Å²) in [7, 11) is 0. The average Bonchev–Trinajstić information content (AvgIpc) is 3.06. The lowest BCUT2D eigenvalue weighted by molar-refractivity contribution is 0.102. The number of benzene rings is 2. The first-order valence-electron chi connectivity index (χ1n) is 7.99. The average molecular weight is 418 g/mol. The Kier molecular flexibility index (Phi) is 4.70. The minimum Gasteiger partial charge on any atom is -0.378 e. The molecule has 1 saturated heterocycles. The van der Waals surface area contributed by atoms with Crippen LogP contribution in [-0.2, 0) is 4.74 Å². The van der Waals surface area contributed by atoms with Crippen LogP contribution < -0.4 is 10.2 Å². The molecule has 0 unspecified atom stereocenters. The van der Waals surface area contributed by atoms with Crippen molar-refractivity contribution in [1.29, 1.82) is 0 Å². The van der Waals surface area contributed by atoms with Gasteiger partial charge in [-0.2, -0.15) is 0 Å². The Balaban J connectivity index is 1.54. The van der Waals surface area contributed by atoms with E-state index in [0.29, 0.717) is 5.56 Å². The van der Waals surface area contributed by atoms with Crippen LogP contribution in [0.2, 0.25) is 0 Å². The Bertz CT molecular complexity index is 904. The molecule has 5 nitrogen and oxygen atoms in total.